The van der Waals surface area contributed by atoms with Crippen molar-refractivity contribution in [1.29, 1.82) is 0 Å². The van der Waals surface area contributed by atoms with E-state index in [9.17, 15) is 4.79 Å². The minimum absolute atomic E-state index is 0.173. The zero-order valence-corrected chi connectivity index (χ0v) is 15.2. The molecule has 0 fully saturated rings. The van der Waals surface area contributed by atoms with Crippen LogP contribution in [-0.2, 0) is 11.2 Å². The Morgan fingerprint density at radius 3 is 2.54 bits per heavy atom. The molecule has 2 aromatic rings. The number of nitrogens with one attached hydrogen (secondary N) is 1. The summed E-state index contributed by atoms with van der Waals surface area (Å²) in [4.78, 5) is 16.6. The maximum atomic E-state index is 12.2. The van der Waals surface area contributed by atoms with Crippen molar-refractivity contribution < 1.29 is 14.3 Å². The predicted molar refractivity (Wildman–Crippen MR) is 103 cm³/mol. The number of benzene rings is 2. The largest absolute Gasteiger partial charge is 0.496 e. The molecule has 134 valence electrons. The first-order valence-corrected chi connectivity index (χ1v) is 8.48. The zero-order valence-electron chi connectivity index (χ0n) is 15.2. The quantitative estimate of drug-likeness (QED) is 0.811. The number of aliphatic imine (C=N–C) groups is 1. The monoisotopic (exact) mass is 350 g/mol. The average Bonchev–Trinajstić information content (AvgIpc) is 3.00. The van der Waals surface area contributed by atoms with Crippen LogP contribution in [0.2, 0.25) is 0 Å². The Bertz CT molecular complexity index is 885. The van der Waals surface area contributed by atoms with Gasteiger partial charge in [-0.05, 0) is 54.3 Å². The molecular formula is C21H22N2O3. The smallest absolute Gasteiger partial charge is 0.275 e. The molecule has 0 unspecified atom stereocenters. The summed E-state index contributed by atoms with van der Waals surface area (Å²) in [5, 5.41) is 2.85. The molecule has 5 heteroatoms. The van der Waals surface area contributed by atoms with Gasteiger partial charge in [0, 0.05) is 6.42 Å². The summed E-state index contributed by atoms with van der Waals surface area (Å²) in [6.45, 7) is 1.97. The van der Waals surface area contributed by atoms with Gasteiger partial charge in [0.2, 0.25) is 0 Å². The third-order valence-electron chi connectivity index (χ3n) is 4.29. The molecule has 1 N–H and O–H groups in total. The summed E-state index contributed by atoms with van der Waals surface area (Å²) < 4.78 is 10.6. The SMILES string of the molecule is COc1ccc(/C=C2/N=C(CCc3ccccc3OC)NC2=O)cc1C. The first-order chi connectivity index (χ1) is 12.6. The highest BCUT2D eigenvalue weighted by atomic mass is 16.5. The van der Waals surface area contributed by atoms with E-state index in [4.69, 9.17) is 9.47 Å². The van der Waals surface area contributed by atoms with E-state index < -0.39 is 0 Å². The van der Waals surface area contributed by atoms with E-state index in [-0.39, 0.29) is 5.91 Å². The number of rotatable bonds is 6. The van der Waals surface area contributed by atoms with Crippen LogP contribution in [-0.4, -0.2) is 26.0 Å². The Morgan fingerprint density at radius 2 is 1.81 bits per heavy atom. The highest BCUT2D eigenvalue weighted by Crippen LogP contribution is 2.22. The molecule has 26 heavy (non-hydrogen) atoms. The summed E-state index contributed by atoms with van der Waals surface area (Å²) in [6, 6.07) is 13.6. The summed E-state index contributed by atoms with van der Waals surface area (Å²) in [7, 11) is 3.30. The summed E-state index contributed by atoms with van der Waals surface area (Å²) in [5.74, 6) is 2.18. The van der Waals surface area contributed by atoms with Crippen LogP contribution in [0.5, 0.6) is 11.5 Å². The molecule has 1 amide bonds. The minimum atomic E-state index is -0.173. The van der Waals surface area contributed by atoms with Crippen LogP contribution < -0.4 is 14.8 Å². The second kappa shape index (κ2) is 7.87. The van der Waals surface area contributed by atoms with Crippen molar-refractivity contribution in [3.05, 3.63) is 64.9 Å². The Hall–Kier alpha value is -3.08. The van der Waals surface area contributed by atoms with Gasteiger partial charge in [-0.3, -0.25) is 4.79 Å². The number of methoxy groups -OCH3 is 2. The number of amides is 1. The lowest BCUT2D eigenvalue weighted by Crippen LogP contribution is -2.24. The fourth-order valence-electron chi connectivity index (χ4n) is 2.95. The molecule has 0 aliphatic carbocycles. The van der Waals surface area contributed by atoms with Gasteiger partial charge in [0.15, 0.2) is 0 Å². The number of aryl methyl sites for hydroxylation is 2. The molecule has 0 bridgehead atoms. The molecule has 0 aromatic heterocycles. The molecule has 0 spiro atoms. The average molecular weight is 350 g/mol. The molecule has 1 heterocycles. The Kier molecular flexibility index (Phi) is 5.37. The fraction of sp³-hybridized carbons (Fsp3) is 0.238. The molecule has 3 rings (SSSR count). The van der Waals surface area contributed by atoms with E-state index in [0.29, 0.717) is 18.0 Å². The molecule has 0 saturated carbocycles. The summed E-state index contributed by atoms with van der Waals surface area (Å²) >= 11 is 0. The lowest BCUT2D eigenvalue weighted by Gasteiger charge is -2.07. The number of carbonyl (C=O) groups is 1. The van der Waals surface area contributed by atoms with Gasteiger partial charge in [-0.1, -0.05) is 24.3 Å². The first kappa shape index (κ1) is 17.7. The second-order valence-corrected chi connectivity index (χ2v) is 6.08. The van der Waals surface area contributed by atoms with Crippen LogP contribution in [0.3, 0.4) is 0 Å². The van der Waals surface area contributed by atoms with E-state index in [1.54, 1.807) is 20.3 Å². The van der Waals surface area contributed by atoms with Crippen molar-refractivity contribution in [2.75, 3.05) is 14.2 Å². The number of hydrogen-bond donors (Lipinski definition) is 1. The predicted octanol–water partition coefficient (Wildman–Crippen LogP) is 3.51. The van der Waals surface area contributed by atoms with Gasteiger partial charge in [0.25, 0.3) is 5.91 Å². The van der Waals surface area contributed by atoms with Crippen LogP contribution in [0, 0.1) is 6.92 Å². The Balaban J connectivity index is 1.73. The van der Waals surface area contributed by atoms with E-state index in [0.717, 1.165) is 34.6 Å². The third-order valence-corrected chi connectivity index (χ3v) is 4.29. The molecular weight excluding hydrogens is 328 g/mol. The lowest BCUT2D eigenvalue weighted by atomic mass is 10.1. The third kappa shape index (κ3) is 3.94. The van der Waals surface area contributed by atoms with Gasteiger partial charge in [0.05, 0.1) is 14.2 Å². The second-order valence-electron chi connectivity index (χ2n) is 6.08. The molecule has 2 aromatic carbocycles. The molecule has 5 nitrogen and oxygen atoms in total. The van der Waals surface area contributed by atoms with E-state index in [1.807, 2.05) is 49.4 Å². The Morgan fingerprint density at radius 1 is 1.04 bits per heavy atom. The number of nitrogens with zero attached hydrogens (tertiary/aromatic N) is 1. The van der Waals surface area contributed by atoms with Gasteiger partial charge < -0.3 is 14.8 Å². The molecule has 1 aliphatic rings. The van der Waals surface area contributed by atoms with Crippen LogP contribution >= 0.6 is 0 Å². The summed E-state index contributed by atoms with van der Waals surface area (Å²) in [6.07, 6.45) is 3.18. The van der Waals surface area contributed by atoms with Gasteiger partial charge in [-0.25, -0.2) is 4.99 Å². The Labute approximate surface area is 153 Å². The standard InChI is InChI=1S/C21H22N2O3/c1-14-12-15(8-10-18(14)25-2)13-17-21(24)23-20(22-17)11-9-16-6-4-5-7-19(16)26-3/h4-8,10,12-13H,9,11H2,1-3H3,(H,22,23,24)/b17-13+. The number of ether oxygens (including phenoxy) is 2. The van der Waals surface area contributed by atoms with Crippen LogP contribution in [0.25, 0.3) is 6.08 Å². The van der Waals surface area contributed by atoms with Gasteiger partial charge in [-0.2, -0.15) is 0 Å². The van der Waals surface area contributed by atoms with Gasteiger partial charge in [0.1, 0.15) is 23.0 Å². The van der Waals surface area contributed by atoms with Crippen molar-refractivity contribution in [1.82, 2.24) is 5.32 Å². The maximum Gasteiger partial charge on any atom is 0.275 e. The van der Waals surface area contributed by atoms with Crippen molar-refractivity contribution >= 4 is 17.8 Å². The zero-order chi connectivity index (χ0) is 18.5. The van der Waals surface area contributed by atoms with Gasteiger partial charge >= 0.3 is 0 Å². The maximum absolute atomic E-state index is 12.2. The van der Waals surface area contributed by atoms with Crippen LogP contribution in [0.4, 0.5) is 0 Å². The molecule has 0 radical (unpaired) electrons. The van der Waals surface area contributed by atoms with Crippen LogP contribution in [0.15, 0.2) is 53.2 Å². The van der Waals surface area contributed by atoms with E-state index in [2.05, 4.69) is 10.3 Å². The van der Waals surface area contributed by atoms with E-state index in [1.165, 1.54) is 0 Å². The minimum Gasteiger partial charge on any atom is -0.496 e. The van der Waals surface area contributed by atoms with Crippen molar-refractivity contribution in [2.45, 2.75) is 19.8 Å². The van der Waals surface area contributed by atoms with E-state index >= 15 is 0 Å². The van der Waals surface area contributed by atoms with Crippen molar-refractivity contribution in [2.24, 2.45) is 4.99 Å². The topological polar surface area (TPSA) is 59.9 Å². The molecule has 0 atom stereocenters. The highest BCUT2D eigenvalue weighted by molar-refractivity contribution is 6.14. The van der Waals surface area contributed by atoms with Gasteiger partial charge in [-0.15, -0.1) is 0 Å². The summed E-state index contributed by atoms with van der Waals surface area (Å²) in [5.41, 5.74) is 3.45. The number of para-hydroxylation sites is 1. The fourth-order valence-corrected chi connectivity index (χ4v) is 2.95. The number of amidine groups is 1. The molecule has 1 aliphatic heterocycles. The number of carbonyl (C=O) groups excluding carboxylic acids is 1. The molecule has 0 saturated heterocycles. The van der Waals surface area contributed by atoms with Crippen molar-refractivity contribution in [3.8, 4) is 11.5 Å². The number of hydrogen-bond acceptors (Lipinski definition) is 4. The van der Waals surface area contributed by atoms with Crippen molar-refractivity contribution in [3.63, 3.8) is 0 Å². The van der Waals surface area contributed by atoms with Crippen LogP contribution in [0.1, 0.15) is 23.1 Å². The highest BCUT2D eigenvalue weighted by Gasteiger charge is 2.20. The lowest BCUT2D eigenvalue weighted by molar-refractivity contribution is -0.115. The normalized spacial score (nSPS) is 15.0. The first-order valence-electron chi connectivity index (χ1n) is 8.48.